The lowest BCUT2D eigenvalue weighted by molar-refractivity contribution is -0.166. The van der Waals surface area contributed by atoms with Crippen LogP contribution in [0, 0.1) is 24.0 Å². The molecular weight excluding hydrogens is 790 g/mol. The molecule has 8 rings (SSSR count). The van der Waals surface area contributed by atoms with Crippen molar-refractivity contribution >= 4 is 39.6 Å². The lowest BCUT2D eigenvalue weighted by Gasteiger charge is -2.41. The zero-order valence-corrected chi connectivity index (χ0v) is 34.8. The number of piperazine rings is 1. The van der Waals surface area contributed by atoms with Gasteiger partial charge in [0.25, 0.3) is 0 Å². The highest BCUT2D eigenvalue weighted by Gasteiger charge is 2.50. The Morgan fingerprint density at radius 1 is 1.03 bits per heavy atom. The largest absolute Gasteiger partial charge is 0.508 e. The van der Waals surface area contributed by atoms with Gasteiger partial charge in [0.1, 0.15) is 41.4 Å². The number of halogens is 3. The van der Waals surface area contributed by atoms with Gasteiger partial charge < -0.3 is 24.2 Å². The fourth-order valence-corrected chi connectivity index (χ4v) is 9.99. The molecule has 4 aliphatic heterocycles. The predicted molar refractivity (Wildman–Crippen MR) is 224 cm³/mol. The molecule has 12 nitrogen and oxygen atoms in total. The Labute approximate surface area is 353 Å². The first-order valence-corrected chi connectivity index (χ1v) is 21.7. The van der Waals surface area contributed by atoms with Crippen molar-refractivity contribution in [3.05, 3.63) is 47.7 Å². The van der Waals surface area contributed by atoms with Gasteiger partial charge in [-0.15, -0.1) is 6.42 Å². The fourth-order valence-electron chi connectivity index (χ4n) is 9.99. The first-order chi connectivity index (χ1) is 29.5. The Bertz CT molecular complexity index is 2330. The number of carbonyl (C=O) groups is 2. The molecule has 0 saturated carbocycles. The molecule has 3 unspecified atom stereocenters. The van der Waals surface area contributed by atoms with Gasteiger partial charge in [-0.05, 0) is 62.2 Å². The van der Waals surface area contributed by atoms with Crippen LogP contribution in [0.5, 0.6) is 11.8 Å². The SMILES string of the molecule is C#Cc1c(F)ccc2cc(O)cc(-c3ncc4c(N5CC6CCC(C5)N6C(=O)OC(C)OC(=O)CCCCCCCCC)nc(OC[C@@]56CCCN5C[C@H](F)C6)nc4c3F)c12. The lowest BCUT2D eigenvalue weighted by Crippen LogP contribution is -2.56. The molecule has 1 amide bonds. The summed E-state index contributed by atoms with van der Waals surface area (Å²) in [5.41, 5.74) is -0.898. The van der Waals surface area contributed by atoms with Crippen molar-refractivity contribution < 1.29 is 42.1 Å². The van der Waals surface area contributed by atoms with Crippen LogP contribution in [0.1, 0.15) is 103 Å². The highest BCUT2D eigenvalue weighted by Crippen LogP contribution is 2.43. The van der Waals surface area contributed by atoms with Crippen molar-refractivity contribution in [1.29, 1.82) is 0 Å². The van der Waals surface area contributed by atoms with Gasteiger partial charge >= 0.3 is 18.1 Å². The highest BCUT2D eigenvalue weighted by molar-refractivity contribution is 6.03. The monoisotopic (exact) mass is 842 g/mol. The molecular formula is C46H53F3N6O6. The van der Waals surface area contributed by atoms with Crippen LogP contribution in [0.4, 0.5) is 23.8 Å². The number of benzene rings is 2. The quantitative estimate of drug-likeness (QED) is 0.0535. The summed E-state index contributed by atoms with van der Waals surface area (Å²) >= 11 is 0. The predicted octanol–water partition coefficient (Wildman–Crippen LogP) is 8.58. The molecule has 61 heavy (non-hydrogen) atoms. The Kier molecular flexibility index (Phi) is 12.4. The summed E-state index contributed by atoms with van der Waals surface area (Å²) in [6.45, 7) is 5.53. The number of phenolic OH excluding ortho intramolecular Hbond substituents is 1. The number of aromatic hydroxyl groups is 1. The van der Waals surface area contributed by atoms with E-state index in [4.69, 9.17) is 25.6 Å². The fraction of sp³-hybridized carbons (Fsp3) is 0.543. The van der Waals surface area contributed by atoms with E-state index in [1.165, 1.54) is 56.6 Å². The van der Waals surface area contributed by atoms with Crippen molar-refractivity contribution in [2.24, 2.45) is 0 Å². The number of nitrogens with zero attached hydrogens (tertiary/aromatic N) is 6. The molecule has 15 heteroatoms. The van der Waals surface area contributed by atoms with Crippen molar-refractivity contribution in [3.63, 3.8) is 0 Å². The Morgan fingerprint density at radius 2 is 1.79 bits per heavy atom. The first kappa shape index (κ1) is 42.3. The molecule has 6 heterocycles. The maximum atomic E-state index is 17.2. The van der Waals surface area contributed by atoms with Crippen molar-refractivity contribution in [3.8, 4) is 35.4 Å². The second-order valence-corrected chi connectivity index (χ2v) is 17.0. The number of amides is 1. The number of esters is 1. The second-order valence-electron chi connectivity index (χ2n) is 17.0. The summed E-state index contributed by atoms with van der Waals surface area (Å²) in [6, 6.07) is 4.63. The third kappa shape index (κ3) is 8.61. The molecule has 0 aliphatic carbocycles. The van der Waals surface area contributed by atoms with E-state index >= 15 is 8.78 Å². The summed E-state index contributed by atoms with van der Waals surface area (Å²) in [4.78, 5) is 45.7. The van der Waals surface area contributed by atoms with Crippen LogP contribution in [0.25, 0.3) is 32.9 Å². The van der Waals surface area contributed by atoms with E-state index in [0.29, 0.717) is 50.1 Å². The van der Waals surface area contributed by atoms with Gasteiger partial charge in [0.15, 0.2) is 5.82 Å². The zero-order chi connectivity index (χ0) is 42.8. The van der Waals surface area contributed by atoms with Crippen LogP contribution in [0.3, 0.4) is 0 Å². The Morgan fingerprint density at radius 3 is 2.54 bits per heavy atom. The van der Waals surface area contributed by atoms with Crippen LogP contribution in [0.15, 0.2) is 30.5 Å². The maximum Gasteiger partial charge on any atom is 0.413 e. The minimum Gasteiger partial charge on any atom is -0.508 e. The average molecular weight is 843 g/mol. The molecule has 5 atom stereocenters. The second kappa shape index (κ2) is 17.9. The van der Waals surface area contributed by atoms with E-state index in [1.807, 2.05) is 4.90 Å². The average Bonchev–Trinajstić information content (AvgIpc) is 3.85. The molecule has 2 bridgehead atoms. The molecule has 2 aromatic heterocycles. The molecule has 2 aromatic carbocycles. The third-order valence-electron chi connectivity index (χ3n) is 12.9. The van der Waals surface area contributed by atoms with Gasteiger partial charge in [0, 0.05) is 56.5 Å². The van der Waals surface area contributed by atoms with E-state index in [0.717, 1.165) is 45.1 Å². The van der Waals surface area contributed by atoms with Crippen LogP contribution in [0.2, 0.25) is 0 Å². The van der Waals surface area contributed by atoms with Gasteiger partial charge in [-0.25, -0.2) is 18.0 Å². The van der Waals surface area contributed by atoms with E-state index in [-0.39, 0.29) is 70.0 Å². The number of aromatic nitrogens is 3. The van der Waals surface area contributed by atoms with E-state index in [2.05, 4.69) is 27.7 Å². The topological polar surface area (TPSA) is 130 Å². The number of pyridine rings is 1. The number of fused-ring (bicyclic) bond motifs is 5. The summed E-state index contributed by atoms with van der Waals surface area (Å²) in [5, 5.41) is 11.5. The van der Waals surface area contributed by atoms with E-state index in [9.17, 15) is 19.1 Å². The minimum absolute atomic E-state index is 0.0767. The number of hydrogen-bond acceptors (Lipinski definition) is 11. The summed E-state index contributed by atoms with van der Waals surface area (Å²) in [5.74, 6) is 0.547. The number of rotatable bonds is 15. The van der Waals surface area contributed by atoms with Gasteiger partial charge in [-0.3, -0.25) is 19.6 Å². The number of alkyl halides is 1. The maximum absolute atomic E-state index is 17.2. The number of terminal acetylenes is 1. The number of anilines is 1. The van der Waals surface area contributed by atoms with Gasteiger partial charge in [0.2, 0.25) is 6.29 Å². The van der Waals surface area contributed by atoms with E-state index < -0.39 is 41.7 Å². The van der Waals surface area contributed by atoms with E-state index in [1.54, 1.807) is 4.90 Å². The molecule has 4 aromatic rings. The molecule has 0 spiro atoms. The van der Waals surface area contributed by atoms with Crippen molar-refractivity contribution in [2.45, 2.75) is 127 Å². The van der Waals surface area contributed by atoms with Crippen LogP contribution in [-0.4, -0.2) is 105 Å². The smallest absolute Gasteiger partial charge is 0.413 e. The lowest BCUT2D eigenvalue weighted by atomic mass is 9.95. The number of carbonyl (C=O) groups excluding carboxylic acids is 2. The minimum atomic E-state index is -1.06. The first-order valence-electron chi connectivity index (χ1n) is 21.7. The third-order valence-corrected chi connectivity index (χ3v) is 12.9. The number of unbranched alkanes of at least 4 members (excludes halogenated alkanes) is 6. The van der Waals surface area contributed by atoms with Crippen LogP contribution < -0.4 is 9.64 Å². The summed E-state index contributed by atoms with van der Waals surface area (Å²) < 4.78 is 64.2. The van der Waals surface area contributed by atoms with Gasteiger partial charge in [0.05, 0.1) is 28.6 Å². The molecule has 4 fully saturated rings. The molecule has 1 N–H and O–H groups in total. The van der Waals surface area contributed by atoms with Crippen LogP contribution >= 0.6 is 0 Å². The van der Waals surface area contributed by atoms with Crippen LogP contribution in [-0.2, 0) is 14.3 Å². The Hall–Kier alpha value is -5.36. The normalized spacial score (nSPS) is 22.7. The van der Waals surface area contributed by atoms with Gasteiger partial charge in [-0.1, -0.05) is 57.4 Å². The number of ether oxygens (including phenoxy) is 3. The van der Waals surface area contributed by atoms with Crippen molar-refractivity contribution in [2.75, 3.05) is 37.7 Å². The number of phenols is 1. The number of hydrogen-bond donors (Lipinski definition) is 1. The van der Waals surface area contributed by atoms with Crippen molar-refractivity contribution in [1.82, 2.24) is 24.8 Å². The summed E-state index contributed by atoms with van der Waals surface area (Å²) in [6.07, 6.45) is 15.6. The standard InChI is InChI=1S/C46H53F3N6O6/c1-4-6-7-8-9-10-11-13-38(57)60-28(3)61-45(58)55-31-15-16-32(55)26-53(25-31)43-36-23-50-41(35-21-33(56)20-29-14-17-37(48)34(5-2)39(29)35)40(49)42(36)51-44(52-43)59-27-46-18-12-19-54(46)24-30(47)22-46/h2,14,17,20-21,23,28,30-32,56H,4,6-13,15-16,18-19,22,24-27H2,1,3H3/t28?,30-,31?,32?,46+/m1/s1. The molecule has 4 aliphatic rings. The molecule has 0 radical (unpaired) electrons. The molecule has 324 valence electrons. The molecule has 4 saturated heterocycles. The summed E-state index contributed by atoms with van der Waals surface area (Å²) in [7, 11) is 0. The highest BCUT2D eigenvalue weighted by atomic mass is 19.1. The Balaban J connectivity index is 1.05. The van der Waals surface area contributed by atoms with Gasteiger partial charge in [-0.2, -0.15) is 9.97 Å². The zero-order valence-electron chi connectivity index (χ0n) is 34.8.